The van der Waals surface area contributed by atoms with Crippen LogP contribution >= 0.6 is 0 Å². The number of aliphatic carboxylic acids is 1. The Morgan fingerprint density at radius 2 is 1.48 bits per heavy atom. The number of ether oxygens (including phenoxy) is 6. The van der Waals surface area contributed by atoms with Gasteiger partial charge in [-0.15, -0.1) is 0 Å². The molecule has 230 valence electrons. The molecule has 0 aliphatic heterocycles. The number of nitrogens with one attached hydrogen (secondary N) is 1. The molecule has 0 aliphatic rings. The van der Waals surface area contributed by atoms with Crippen molar-refractivity contribution in [3.05, 3.63) is 78.4 Å². The summed E-state index contributed by atoms with van der Waals surface area (Å²) in [6, 6.07) is 15.4. The van der Waals surface area contributed by atoms with Crippen molar-refractivity contribution < 1.29 is 47.9 Å². The molecule has 0 bridgehead atoms. The van der Waals surface area contributed by atoms with Gasteiger partial charge >= 0.3 is 12.1 Å². The lowest BCUT2D eigenvalue weighted by Gasteiger charge is -2.21. The molecule has 12 nitrogen and oxygen atoms in total. The highest BCUT2D eigenvalue weighted by molar-refractivity contribution is 6.05. The van der Waals surface area contributed by atoms with E-state index >= 15 is 0 Å². The second-order valence-corrected chi connectivity index (χ2v) is 8.82. The number of rotatable bonds is 23. The van der Waals surface area contributed by atoms with Crippen LogP contribution in [0, 0.1) is 0 Å². The quantitative estimate of drug-likeness (QED) is 0.0989. The zero-order valence-corrected chi connectivity index (χ0v) is 23.6. The minimum atomic E-state index is -1.83. The molecule has 2 aromatic carbocycles. The standard InChI is InChI=1S/C30H40N2O10/c1-2-13-41-30(36)32-26(21-23-8-10-25(11-9-23)42-22-24-6-4-3-5-7-24)27(33)28(29(34)35)40-20-19-39-18-17-38-16-15-37-14-12-31/h2-11,26,28H,1,12-22,31H2,(H,32,36)(H,34,35)/t26-,28?/m0/s1. The van der Waals surface area contributed by atoms with E-state index in [0.29, 0.717) is 50.9 Å². The van der Waals surface area contributed by atoms with Gasteiger partial charge in [0, 0.05) is 13.0 Å². The molecule has 0 spiro atoms. The first kappa shape index (κ1) is 34.4. The fraction of sp³-hybridized carbons (Fsp3) is 0.433. The van der Waals surface area contributed by atoms with Crippen LogP contribution in [0.5, 0.6) is 5.75 Å². The smallest absolute Gasteiger partial charge is 0.408 e. The van der Waals surface area contributed by atoms with E-state index in [1.54, 1.807) is 24.3 Å². The third kappa shape index (κ3) is 14.2. The number of nitrogens with two attached hydrogens (primary N) is 1. The largest absolute Gasteiger partial charge is 0.489 e. The molecule has 0 aromatic heterocycles. The van der Waals surface area contributed by atoms with Gasteiger partial charge in [-0.05, 0) is 23.3 Å². The van der Waals surface area contributed by atoms with Gasteiger partial charge in [0.05, 0.1) is 52.3 Å². The summed E-state index contributed by atoms with van der Waals surface area (Å²) < 4.78 is 32.0. The Labute approximate surface area is 245 Å². The first-order valence-corrected chi connectivity index (χ1v) is 13.6. The van der Waals surface area contributed by atoms with Crippen LogP contribution in [0.2, 0.25) is 0 Å². The number of hydrogen-bond acceptors (Lipinski definition) is 10. The molecule has 42 heavy (non-hydrogen) atoms. The van der Waals surface area contributed by atoms with E-state index in [2.05, 4.69) is 11.9 Å². The zero-order chi connectivity index (χ0) is 30.4. The van der Waals surface area contributed by atoms with Crippen molar-refractivity contribution in [3.8, 4) is 5.75 Å². The van der Waals surface area contributed by atoms with E-state index in [4.69, 9.17) is 34.2 Å². The zero-order valence-electron chi connectivity index (χ0n) is 23.6. The van der Waals surface area contributed by atoms with Crippen molar-refractivity contribution in [2.75, 3.05) is 59.4 Å². The molecular weight excluding hydrogens is 548 g/mol. The van der Waals surface area contributed by atoms with Crippen molar-refractivity contribution in [3.63, 3.8) is 0 Å². The predicted octanol–water partition coefficient (Wildman–Crippen LogP) is 2.14. The topological polar surface area (TPSA) is 165 Å². The number of carbonyl (C=O) groups is 3. The van der Waals surface area contributed by atoms with Crippen LogP contribution in [0.1, 0.15) is 11.1 Å². The molecular formula is C30H40N2O10. The van der Waals surface area contributed by atoms with Crippen LogP contribution in [-0.4, -0.2) is 94.5 Å². The van der Waals surface area contributed by atoms with Gasteiger partial charge in [0.2, 0.25) is 6.10 Å². The lowest BCUT2D eigenvalue weighted by Crippen LogP contribution is -2.50. The number of hydrogen-bond donors (Lipinski definition) is 3. The second-order valence-electron chi connectivity index (χ2n) is 8.82. The Hall–Kier alpha value is -3.81. The average molecular weight is 589 g/mol. The minimum Gasteiger partial charge on any atom is -0.489 e. The van der Waals surface area contributed by atoms with E-state index < -0.39 is 30.0 Å². The summed E-state index contributed by atoms with van der Waals surface area (Å²) in [7, 11) is 0. The predicted molar refractivity (Wildman–Crippen MR) is 153 cm³/mol. The summed E-state index contributed by atoms with van der Waals surface area (Å²) in [5, 5.41) is 12.1. The number of alkyl carbamates (subject to hydrolysis) is 1. The third-order valence-corrected chi connectivity index (χ3v) is 5.58. The third-order valence-electron chi connectivity index (χ3n) is 5.58. The molecule has 2 aromatic rings. The molecule has 0 aliphatic carbocycles. The Morgan fingerprint density at radius 1 is 0.857 bits per heavy atom. The van der Waals surface area contributed by atoms with Gasteiger partial charge in [-0.2, -0.15) is 0 Å². The summed E-state index contributed by atoms with van der Waals surface area (Å²) in [5.74, 6) is -1.72. The van der Waals surface area contributed by atoms with Crippen molar-refractivity contribution >= 4 is 17.8 Å². The fourth-order valence-corrected chi connectivity index (χ4v) is 3.55. The Bertz CT molecular complexity index is 1070. The molecule has 1 unspecified atom stereocenters. The monoisotopic (exact) mass is 588 g/mol. The minimum absolute atomic E-state index is 0.00301. The Morgan fingerprint density at radius 3 is 2.07 bits per heavy atom. The number of amides is 1. The summed E-state index contributed by atoms with van der Waals surface area (Å²) in [6.07, 6.45) is -1.36. The number of carbonyl (C=O) groups excluding carboxylic acids is 2. The van der Waals surface area contributed by atoms with Crippen LogP contribution < -0.4 is 15.8 Å². The number of carboxylic acid groups (broad SMARTS) is 1. The molecule has 2 atom stereocenters. The first-order valence-electron chi connectivity index (χ1n) is 13.6. The molecule has 0 saturated heterocycles. The summed E-state index contributed by atoms with van der Waals surface area (Å²) in [6.45, 7) is 5.92. The normalized spacial score (nSPS) is 12.2. The Kier molecular flexibility index (Phi) is 17.2. The van der Waals surface area contributed by atoms with E-state index in [1.165, 1.54) is 6.08 Å². The number of ketones is 1. The van der Waals surface area contributed by atoms with Crippen LogP contribution in [0.15, 0.2) is 67.3 Å². The summed E-state index contributed by atoms with van der Waals surface area (Å²) in [5.41, 5.74) is 7.00. The van der Waals surface area contributed by atoms with E-state index in [9.17, 15) is 19.5 Å². The van der Waals surface area contributed by atoms with Crippen LogP contribution in [0.4, 0.5) is 4.79 Å². The molecule has 0 heterocycles. The molecule has 4 N–H and O–H groups in total. The van der Waals surface area contributed by atoms with Crippen LogP contribution in [0.25, 0.3) is 0 Å². The van der Waals surface area contributed by atoms with Gasteiger partial charge in [-0.25, -0.2) is 9.59 Å². The fourth-order valence-electron chi connectivity index (χ4n) is 3.55. The lowest BCUT2D eigenvalue weighted by atomic mass is 9.99. The van der Waals surface area contributed by atoms with E-state index in [0.717, 1.165) is 5.56 Å². The SMILES string of the molecule is C=CCOC(=O)N[C@@H](Cc1ccc(OCc2ccccc2)cc1)C(=O)C(OCCOCCOCCOCCN)C(=O)O. The molecule has 0 saturated carbocycles. The molecule has 12 heteroatoms. The highest BCUT2D eigenvalue weighted by atomic mass is 16.6. The van der Waals surface area contributed by atoms with Gasteiger partial charge in [0.25, 0.3) is 0 Å². The average Bonchev–Trinajstić information content (AvgIpc) is 3.00. The maximum Gasteiger partial charge on any atom is 0.408 e. The van der Waals surface area contributed by atoms with Gasteiger partial charge in [0.1, 0.15) is 19.0 Å². The maximum absolute atomic E-state index is 13.2. The maximum atomic E-state index is 13.2. The number of Topliss-reactive ketones (excluding diaryl/α,β-unsaturated/α-hetero) is 1. The first-order chi connectivity index (χ1) is 20.4. The van der Waals surface area contributed by atoms with Crippen molar-refractivity contribution in [1.29, 1.82) is 0 Å². The van der Waals surface area contributed by atoms with Gasteiger partial charge in [0.15, 0.2) is 5.78 Å². The summed E-state index contributed by atoms with van der Waals surface area (Å²) >= 11 is 0. The lowest BCUT2D eigenvalue weighted by molar-refractivity contribution is -0.158. The number of benzene rings is 2. The van der Waals surface area contributed by atoms with Crippen LogP contribution in [0.3, 0.4) is 0 Å². The molecule has 0 fully saturated rings. The van der Waals surface area contributed by atoms with Gasteiger partial charge in [-0.1, -0.05) is 55.1 Å². The summed E-state index contributed by atoms with van der Waals surface area (Å²) in [4.78, 5) is 37.4. The molecule has 2 rings (SSSR count). The van der Waals surface area contributed by atoms with Crippen molar-refractivity contribution in [2.45, 2.75) is 25.2 Å². The van der Waals surface area contributed by atoms with E-state index in [-0.39, 0.29) is 32.8 Å². The highest BCUT2D eigenvalue weighted by Gasteiger charge is 2.34. The van der Waals surface area contributed by atoms with Crippen LogP contribution in [-0.2, 0) is 46.3 Å². The molecule has 1 amide bonds. The second kappa shape index (κ2) is 21.0. The van der Waals surface area contributed by atoms with E-state index in [1.807, 2.05) is 30.3 Å². The van der Waals surface area contributed by atoms with Crippen molar-refractivity contribution in [1.82, 2.24) is 5.32 Å². The Balaban J connectivity index is 1.91. The highest BCUT2D eigenvalue weighted by Crippen LogP contribution is 2.16. The van der Waals surface area contributed by atoms with Gasteiger partial charge < -0.3 is 44.6 Å². The van der Waals surface area contributed by atoms with Gasteiger partial charge in [-0.3, -0.25) is 4.79 Å². The molecule has 0 radical (unpaired) electrons. The number of carboxylic acids is 1. The van der Waals surface area contributed by atoms with Crippen molar-refractivity contribution in [2.24, 2.45) is 5.73 Å².